The molecule has 1 aromatic rings. The lowest BCUT2D eigenvalue weighted by atomic mass is 10.1. The van der Waals surface area contributed by atoms with Gasteiger partial charge in [0.2, 0.25) is 11.8 Å². The number of carbonyl (C=O) groups excluding carboxylic acids is 3. The third-order valence-corrected chi connectivity index (χ3v) is 4.24. The third kappa shape index (κ3) is 5.53. The maximum absolute atomic E-state index is 12.4. The Morgan fingerprint density at radius 3 is 2.52 bits per heavy atom. The minimum absolute atomic E-state index is 0.150. The molecule has 1 fully saturated rings. The van der Waals surface area contributed by atoms with Crippen LogP contribution in [0.1, 0.15) is 49.7 Å². The monoisotopic (exact) mass is 344 g/mol. The number of hydrogen-bond donors (Lipinski definition) is 2. The molecule has 0 bridgehead atoms. The Labute approximate surface area is 147 Å². The fourth-order valence-corrected chi connectivity index (χ4v) is 2.79. The Morgan fingerprint density at radius 1 is 1.16 bits per heavy atom. The number of nitrogens with zero attached hydrogens (tertiary/aromatic N) is 1. The van der Waals surface area contributed by atoms with Crippen LogP contribution in [0.3, 0.4) is 0 Å². The van der Waals surface area contributed by atoms with Gasteiger partial charge in [-0.05, 0) is 31.4 Å². The Balaban J connectivity index is 1.80. The lowest BCUT2D eigenvalue weighted by Gasteiger charge is -2.13. The van der Waals surface area contributed by atoms with E-state index in [9.17, 15) is 14.4 Å². The summed E-state index contributed by atoms with van der Waals surface area (Å²) in [4.78, 5) is 36.7. The molecule has 1 aliphatic heterocycles. The standard InChI is InChI=1S/C19H24N2O4/c1-14-7-9-15(10-8-14)12-16-13-18(23)21(19(16)24)11-5-3-2-4-6-17(22)20-25/h7-10,12,25H,2-6,11,13H2,1H3,(H,20,22)/b16-12+. The zero-order chi connectivity index (χ0) is 18.2. The normalized spacial score (nSPS) is 15.9. The van der Waals surface area contributed by atoms with E-state index in [1.54, 1.807) is 11.6 Å². The predicted molar refractivity (Wildman–Crippen MR) is 93.5 cm³/mol. The molecule has 0 unspecified atom stereocenters. The number of imide groups is 1. The molecule has 1 heterocycles. The van der Waals surface area contributed by atoms with Crippen molar-refractivity contribution in [2.24, 2.45) is 0 Å². The molecule has 0 aliphatic carbocycles. The average Bonchev–Trinajstić information content (AvgIpc) is 2.86. The van der Waals surface area contributed by atoms with Crippen molar-refractivity contribution in [1.82, 2.24) is 10.4 Å². The molecule has 2 N–H and O–H groups in total. The summed E-state index contributed by atoms with van der Waals surface area (Å²) in [5.41, 5.74) is 4.20. The van der Waals surface area contributed by atoms with Crippen molar-refractivity contribution in [2.45, 2.75) is 45.4 Å². The van der Waals surface area contributed by atoms with E-state index in [2.05, 4.69) is 0 Å². The minimum atomic E-state index is -0.393. The van der Waals surface area contributed by atoms with Crippen LogP contribution in [0.5, 0.6) is 0 Å². The van der Waals surface area contributed by atoms with Crippen molar-refractivity contribution >= 4 is 23.8 Å². The highest BCUT2D eigenvalue weighted by atomic mass is 16.5. The van der Waals surface area contributed by atoms with E-state index in [1.807, 2.05) is 31.2 Å². The number of aryl methyl sites for hydroxylation is 1. The minimum Gasteiger partial charge on any atom is -0.289 e. The maximum Gasteiger partial charge on any atom is 0.256 e. The van der Waals surface area contributed by atoms with Crippen molar-refractivity contribution in [3.63, 3.8) is 0 Å². The Morgan fingerprint density at radius 2 is 1.84 bits per heavy atom. The molecule has 3 amide bonds. The fraction of sp³-hybridized carbons (Fsp3) is 0.421. The van der Waals surface area contributed by atoms with Gasteiger partial charge in [-0.1, -0.05) is 42.7 Å². The summed E-state index contributed by atoms with van der Waals surface area (Å²) in [6, 6.07) is 7.82. The quantitative estimate of drug-likeness (QED) is 0.249. The molecule has 0 spiro atoms. The summed E-state index contributed by atoms with van der Waals surface area (Å²) in [6.07, 6.45) is 5.25. The van der Waals surface area contributed by atoms with Crippen LogP contribution in [0.4, 0.5) is 0 Å². The highest BCUT2D eigenvalue weighted by molar-refractivity contribution is 6.15. The maximum atomic E-state index is 12.4. The first-order valence-corrected chi connectivity index (χ1v) is 8.56. The molecule has 1 saturated heterocycles. The van der Waals surface area contributed by atoms with Crippen LogP contribution in [0.25, 0.3) is 6.08 Å². The average molecular weight is 344 g/mol. The van der Waals surface area contributed by atoms with Gasteiger partial charge in [-0.2, -0.15) is 0 Å². The summed E-state index contributed by atoms with van der Waals surface area (Å²) in [5.74, 6) is -0.746. The summed E-state index contributed by atoms with van der Waals surface area (Å²) < 4.78 is 0. The highest BCUT2D eigenvalue weighted by Gasteiger charge is 2.32. The van der Waals surface area contributed by atoms with Gasteiger partial charge in [0, 0.05) is 18.5 Å². The third-order valence-electron chi connectivity index (χ3n) is 4.24. The Hall–Kier alpha value is -2.47. The number of hydrogen-bond acceptors (Lipinski definition) is 4. The van der Waals surface area contributed by atoms with Gasteiger partial charge in [0.25, 0.3) is 5.91 Å². The second-order valence-electron chi connectivity index (χ2n) is 6.31. The van der Waals surface area contributed by atoms with E-state index >= 15 is 0 Å². The molecule has 25 heavy (non-hydrogen) atoms. The number of benzene rings is 1. The van der Waals surface area contributed by atoms with Gasteiger partial charge in [0.05, 0.1) is 6.42 Å². The molecule has 1 aliphatic rings. The van der Waals surface area contributed by atoms with Crippen molar-refractivity contribution < 1.29 is 19.6 Å². The van der Waals surface area contributed by atoms with Crippen LogP contribution in [0.15, 0.2) is 29.8 Å². The van der Waals surface area contributed by atoms with E-state index < -0.39 is 5.91 Å². The highest BCUT2D eigenvalue weighted by Crippen LogP contribution is 2.22. The summed E-state index contributed by atoms with van der Waals surface area (Å²) in [6.45, 7) is 2.41. The number of hydroxylamine groups is 1. The molecule has 1 aromatic carbocycles. The van der Waals surface area contributed by atoms with Crippen LogP contribution < -0.4 is 5.48 Å². The molecule has 6 nitrogen and oxygen atoms in total. The summed E-state index contributed by atoms with van der Waals surface area (Å²) in [5, 5.41) is 8.40. The number of likely N-dealkylation sites (tertiary alicyclic amines) is 1. The smallest absolute Gasteiger partial charge is 0.256 e. The molecular formula is C19H24N2O4. The second-order valence-corrected chi connectivity index (χ2v) is 6.31. The van der Waals surface area contributed by atoms with Crippen LogP contribution in [0, 0.1) is 6.92 Å². The van der Waals surface area contributed by atoms with Crippen molar-refractivity contribution in [2.75, 3.05) is 6.54 Å². The number of carbonyl (C=O) groups is 3. The summed E-state index contributed by atoms with van der Waals surface area (Å²) >= 11 is 0. The molecule has 2 rings (SSSR count). The number of rotatable bonds is 8. The van der Waals surface area contributed by atoms with Crippen LogP contribution in [0.2, 0.25) is 0 Å². The second kappa shape index (κ2) is 9.13. The Bertz CT molecular complexity index is 665. The van der Waals surface area contributed by atoms with E-state index in [-0.39, 0.29) is 24.7 Å². The van der Waals surface area contributed by atoms with Gasteiger partial charge in [0.1, 0.15) is 0 Å². The topological polar surface area (TPSA) is 86.7 Å². The SMILES string of the molecule is Cc1ccc(/C=C2\CC(=O)N(CCCCCCC(=O)NO)C2=O)cc1. The molecule has 134 valence electrons. The van der Waals surface area contributed by atoms with Crippen LogP contribution >= 0.6 is 0 Å². The molecule has 0 atom stereocenters. The van der Waals surface area contributed by atoms with Crippen LogP contribution in [-0.4, -0.2) is 34.4 Å². The predicted octanol–water partition coefficient (Wildman–Crippen LogP) is 2.59. The molecule has 0 saturated carbocycles. The molecular weight excluding hydrogens is 320 g/mol. The number of nitrogens with one attached hydrogen (secondary N) is 1. The van der Waals surface area contributed by atoms with Gasteiger partial charge in [-0.3, -0.25) is 24.5 Å². The zero-order valence-electron chi connectivity index (χ0n) is 14.5. The summed E-state index contributed by atoms with van der Waals surface area (Å²) in [7, 11) is 0. The Kier molecular flexibility index (Phi) is 6.89. The van der Waals surface area contributed by atoms with Gasteiger partial charge < -0.3 is 0 Å². The van der Waals surface area contributed by atoms with Gasteiger partial charge in [-0.15, -0.1) is 0 Å². The first kappa shape index (κ1) is 18.9. The van der Waals surface area contributed by atoms with Gasteiger partial charge >= 0.3 is 0 Å². The van der Waals surface area contributed by atoms with E-state index in [1.165, 1.54) is 4.90 Å². The first-order chi connectivity index (χ1) is 12.0. The van der Waals surface area contributed by atoms with Gasteiger partial charge in [-0.25, -0.2) is 5.48 Å². The molecule has 0 aromatic heterocycles. The molecule has 0 radical (unpaired) electrons. The van der Waals surface area contributed by atoms with Gasteiger partial charge in [0.15, 0.2) is 0 Å². The van der Waals surface area contributed by atoms with E-state index in [0.29, 0.717) is 18.5 Å². The molecule has 6 heteroatoms. The van der Waals surface area contributed by atoms with E-state index in [4.69, 9.17) is 5.21 Å². The zero-order valence-corrected chi connectivity index (χ0v) is 14.5. The number of amides is 3. The van der Waals surface area contributed by atoms with E-state index in [0.717, 1.165) is 30.4 Å². The fourth-order valence-electron chi connectivity index (χ4n) is 2.79. The first-order valence-electron chi connectivity index (χ1n) is 8.56. The number of unbranched alkanes of at least 4 members (excludes halogenated alkanes) is 3. The van der Waals surface area contributed by atoms with Crippen LogP contribution in [-0.2, 0) is 14.4 Å². The lowest BCUT2D eigenvalue weighted by Crippen LogP contribution is -2.30. The van der Waals surface area contributed by atoms with Crippen molar-refractivity contribution in [1.29, 1.82) is 0 Å². The lowest BCUT2D eigenvalue weighted by molar-refractivity contribution is -0.137. The largest absolute Gasteiger partial charge is 0.289 e. The van der Waals surface area contributed by atoms with Crippen molar-refractivity contribution in [3.8, 4) is 0 Å². The van der Waals surface area contributed by atoms with Crippen molar-refractivity contribution in [3.05, 3.63) is 41.0 Å².